The number of hydrogen-bond acceptors (Lipinski definition) is 6. The van der Waals surface area contributed by atoms with E-state index in [0.717, 1.165) is 18.4 Å². The SMILES string of the molecule is Cc1cc(C(=O)NC[C@@H]2CC3(CN2)OCCO3)nc2c(OC(F)(F)F)cc(C3CC3)cc12. The van der Waals surface area contributed by atoms with Crippen molar-refractivity contribution < 1.29 is 32.2 Å². The minimum Gasteiger partial charge on any atom is -0.403 e. The van der Waals surface area contributed by atoms with E-state index in [9.17, 15) is 18.0 Å². The maximum atomic E-state index is 13.0. The highest BCUT2D eigenvalue weighted by molar-refractivity contribution is 5.97. The second kappa shape index (κ2) is 7.86. The molecule has 2 saturated heterocycles. The van der Waals surface area contributed by atoms with Crippen LogP contribution in [0.15, 0.2) is 18.2 Å². The van der Waals surface area contributed by atoms with E-state index in [-0.39, 0.29) is 28.9 Å². The summed E-state index contributed by atoms with van der Waals surface area (Å²) in [6.45, 7) is 3.71. The number of amides is 1. The Morgan fingerprint density at radius 3 is 2.72 bits per heavy atom. The highest BCUT2D eigenvalue weighted by Crippen LogP contribution is 2.44. The molecule has 1 aromatic heterocycles. The third kappa shape index (κ3) is 4.39. The molecule has 1 saturated carbocycles. The number of halogens is 3. The van der Waals surface area contributed by atoms with E-state index in [1.165, 1.54) is 6.07 Å². The molecule has 32 heavy (non-hydrogen) atoms. The van der Waals surface area contributed by atoms with Gasteiger partial charge in [-0.05, 0) is 55.0 Å². The third-order valence-corrected chi connectivity index (χ3v) is 6.15. The minimum atomic E-state index is -4.85. The van der Waals surface area contributed by atoms with Crippen LogP contribution in [-0.4, -0.2) is 55.4 Å². The second-order valence-electron chi connectivity index (χ2n) is 8.66. The minimum absolute atomic E-state index is 0.0302. The Kier molecular flexibility index (Phi) is 5.26. The maximum Gasteiger partial charge on any atom is 0.573 e. The molecule has 1 spiro atoms. The predicted molar refractivity (Wildman–Crippen MR) is 109 cm³/mol. The molecule has 1 aliphatic carbocycles. The van der Waals surface area contributed by atoms with Crippen LogP contribution in [0.25, 0.3) is 10.9 Å². The number of hydrogen-bond donors (Lipinski definition) is 2. The van der Waals surface area contributed by atoms with E-state index in [1.807, 2.05) is 6.07 Å². The smallest absolute Gasteiger partial charge is 0.403 e. The number of fused-ring (bicyclic) bond motifs is 1. The van der Waals surface area contributed by atoms with Gasteiger partial charge in [-0.15, -0.1) is 13.2 Å². The molecule has 3 fully saturated rings. The lowest BCUT2D eigenvalue weighted by Crippen LogP contribution is -2.37. The molecule has 0 unspecified atom stereocenters. The van der Waals surface area contributed by atoms with E-state index in [1.54, 1.807) is 13.0 Å². The fourth-order valence-corrected chi connectivity index (χ4v) is 4.44. The van der Waals surface area contributed by atoms with Gasteiger partial charge in [0.15, 0.2) is 11.5 Å². The Hall–Kier alpha value is -2.43. The second-order valence-corrected chi connectivity index (χ2v) is 8.66. The standard InChI is InChI=1S/C22H24F3N3O4/c1-12-6-17(20(29)26-10-15-9-21(11-27-15)30-4-5-31-21)28-19-16(12)7-14(13-2-3-13)8-18(19)32-22(23,24)25/h6-8,13,15,27H,2-5,9-11H2,1H3,(H,26,29)/t15-/m0/s1. The number of alkyl halides is 3. The van der Waals surface area contributed by atoms with Crippen LogP contribution in [0.5, 0.6) is 5.75 Å². The van der Waals surface area contributed by atoms with Crippen LogP contribution in [0.2, 0.25) is 0 Å². The van der Waals surface area contributed by atoms with Crippen molar-refractivity contribution in [1.29, 1.82) is 0 Å². The number of carbonyl (C=O) groups is 1. The summed E-state index contributed by atoms with van der Waals surface area (Å²) in [4.78, 5) is 17.0. The van der Waals surface area contributed by atoms with Crippen molar-refractivity contribution in [3.8, 4) is 5.75 Å². The number of aromatic nitrogens is 1. The molecule has 2 aliphatic heterocycles. The molecule has 0 radical (unpaired) electrons. The maximum absolute atomic E-state index is 13.0. The van der Waals surface area contributed by atoms with Crippen LogP contribution >= 0.6 is 0 Å². The zero-order valence-corrected chi connectivity index (χ0v) is 17.6. The van der Waals surface area contributed by atoms with Gasteiger partial charge >= 0.3 is 6.36 Å². The molecule has 2 N–H and O–H groups in total. The predicted octanol–water partition coefficient (Wildman–Crippen LogP) is 3.15. The first-order valence-electron chi connectivity index (χ1n) is 10.7. The molecule has 1 aromatic carbocycles. The largest absolute Gasteiger partial charge is 0.573 e. The number of carbonyl (C=O) groups excluding carboxylic acids is 1. The van der Waals surface area contributed by atoms with Crippen LogP contribution < -0.4 is 15.4 Å². The average Bonchev–Trinajstić information content (AvgIpc) is 3.36. The summed E-state index contributed by atoms with van der Waals surface area (Å²) in [7, 11) is 0. The zero-order chi connectivity index (χ0) is 22.5. The topological polar surface area (TPSA) is 81.7 Å². The molecule has 1 amide bonds. The number of nitrogens with one attached hydrogen (secondary N) is 2. The lowest BCUT2D eigenvalue weighted by molar-refractivity contribution is -0.274. The zero-order valence-electron chi connectivity index (χ0n) is 17.6. The number of aryl methyl sites for hydroxylation is 1. The number of benzene rings is 1. The Morgan fingerprint density at radius 1 is 1.28 bits per heavy atom. The average molecular weight is 451 g/mol. The Morgan fingerprint density at radius 2 is 2.03 bits per heavy atom. The molecule has 0 bridgehead atoms. The highest BCUT2D eigenvalue weighted by atomic mass is 19.4. The van der Waals surface area contributed by atoms with Crippen LogP contribution in [0.3, 0.4) is 0 Å². The highest BCUT2D eigenvalue weighted by Gasteiger charge is 2.44. The molecule has 5 rings (SSSR count). The van der Waals surface area contributed by atoms with Crippen molar-refractivity contribution in [2.75, 3.05) is 26.3 Å². The summed E-state index contributed by atoms with van der Waals surface area (Å²) in [6, 6.07) is 4.80. The molecular weight excluding hydrogens is 427 g/mol. The van der Waals surface area contributed by atoms with Crippen LogP contribution in [0, 0.1) is 6.92 Å². The van der Waals surface area contributed by atoms with Gasteiger partial charge in [-0.1, -0.05) is 0 Å². The van der Waals surface area contributed by atoms with Gasteiger partial charge in [0, 0.05) is 24.4 Å². The molecule has 172 valence electrons. The quantitative estimate of drug-likeness (QED) is 0.727. The van der Waals surface area contributed by atoms with Gasteiger partial charge in [0.05, 0.1) is 19.8 Å². The van der Waals surface area contributed by atoms with E-state index in [4.69, 9.17) is 9.47 Å². The van der Waals surface area contributed by atoms with Gasteiger partial charge in [0.25, 0.3) is 5.91 Å². The fraction of sp³-hybridized carbons (Fsp3) is 0.545. The summed E-state index contributed by atoms with van der Waals surface area (Å²) in [5, 5.41) is 6.63. The summed E-state index contributed by atoms with van der Waals surface area (Å²) in [5.41, 5.74) is 1.54. The van der Waals surface area contributed by atoms with Gasteiger partial charge < -0.3 is 24.8 Å². The van der Waals surface area contributed by atoms with Crippen molar-refractivity contribution in [3.63, 3.8) is 0 Å². The fourth-order valence-electron chi connectivity index (χ4n) is 4.44. The van der Waals surface area contributed by atoms with Crippen molar-refractivity contribution in [1.82, 2.24) is 15.6 Å². The van der Waals surface area contributed by atoms with Gasteiger partial charge in [-0.2, -0.15) is 0 Å². The lowest BCUT2D eigenvalue weighted by atomic mass is 10.0. The van der Waals surface area contributed by atoms with E-state index in [0.29, 0.717) is 43.7 Å². The summed E-state index contributed by atoms with van der Waals surface area (Å²) >= 11 is 0. The van der Waals surface area contributed by atoms with E-state index >= 15 is 0 Å². The number of nitrogens with zero attached hydrogens (tertiary/aromatic N) is 1. The summed E-state index contributed by atoms with van der Waals surface area (Å²) in [5.74, 6) is -1.22. The van der Waals surface area contributed by atoms with Gasteiger partial charge in [0.2, 0.25) is 0 Å². The summed E-state index contributed by atoms with van der Waals surface area (Å²) in [6.07, 6.45) is -2.37. The molecule has 1 atom stereocenters. The molecular formula is C22H24F3N3O4. The molecule has 3 aliphatic rings. The number of ether oxygens (including phenoxy) is 3. The van der Waals surface area contributed by atoms with Gasteiger partial charge in [-0.25, -0.2) is 4.98 Å². The number of rotatable bonds is 5. The summed E-state index contributed by atoms with van der Waals surface area (Å²) < 4.78 is 54.7. The van der Waals surface area contributed by atoms with E-state index < -0.39 is 18.1 Å². The first-order chi connectivity index (χ1) is 15.2. The van der Waals surface area contributed by atoms with Crippen LogP contribution in [0.1, 0.15) is 46.8 Å². The molecule has 3 heterocycles. The molecule has 2 aromatic rings. The number of pyridine rings is 1. The Labute approximate surface area is 182 Å². The van der Waals surface area contributed by atoms with E-state index in [2.05, 4.69) is 20.4 Å². The van der Waals surface area contributed by atoms with Crippen molar-refractivity contribution in [3.05, 3.63) is 35.0 Å². The monoisotopic (exact) mass is 451 g/mol. The molecule has 7 nitrogen and oxygen atoms in total. The van der Waals surface area contributed by atoms with Crippen LogP contribution in [0.4, 0.5) is 13.2 Å². The third-order valence-electron chi connectivity index (χ3n) is 6.15. The Bertz CT molecular complexity index is 1050. The van der Waals surface area contributed by atoms with Crippen LogP contribution in [-0.2, 0) is 9.47 Å². The molecule has 10 heteroatoms. The normalized spacial score (nSPS) is 22.6. The lowest BCUT2D eigenvalue weighted by Gasteiger charge is -2.20. The van der Waals surface area contributed by atoms with Crippen molar-refractivity contribution in [2.24, 2.45) is 0 Å². The van der Waals surface area contributed by atoms with Crippen molar-refractivity contribution in [2.45, 2.75) is 50.3 Å². The first kappa shape index (κ1) is 21.4. The Balaban J connectivity index is 1.37. The first-order valence-corrected chi connectivity index (χ1v) is 10.7. The van der Waals surface area contributed by atoms with Gasteiger partial charge in [0.1, 0.15) is 11.2 Å². The van der Waals surface area contributed by atoms with Crippen molar-refractivity contribution >= 4 is 16.8 Å². The van der Waals surface area contributed by atoms with Gasteiger partial charge in [-0.3, -0.25) is 4.79 Å².